The quantitative estimate of drug-likeness (QED) is 0.715. The minimum Gasteiger partial charge on any atom is -0.337 e. The Kier molecular flexibility index (Phi) is 2.11. The third kappa shape index (κ3) is 1.13. The first-order chi connectivity index (χ1) is 9.93. The Bertz CT molecular complexity index is 726. The van der Waals surface area contributed by atoms with Gasteiger partial charge in [-0.3, -0.25) is 19.3 Å². The summed E-state index contributed by atoms with van der Waals surface area (Å²) in [6.07, 6.45) is 2.29. The van der Waals surface area contributed by atoms with Gasteiger partial charge < -0.3 is 5.32 Å². The summed E-state index contributed by atoms with van der Waals surface area (Å²) in [4.78, 5) is 39.1. The average molecular weight is 284 g/mol. The normalized spacial score (nSPS) is 33.6. The number of rotatable bonds is 0. The van der Waals surface area contributed by atoms with Gasteiger partial charge in [-0.15, -0.1) is 0 Å². The Hall–Kier alpha value is -2.17. The molecule has 108 valence electrons. The lowest BCUT2D eigenvalue weighted by atomic mass is 9.57. The molecular weight excluding hydrogens is 268 g/mol. The fourth-order valence-electron chi connectivity index (χ4n) is 4.45. The zero-order chi connectivity index (χ0) is 15.0. The molecule has 1 saturated heterocycles. The van der Waals surface area contributed by atoms with Crippen molar-refractivity contribution in [3.05, 3.63) is 34.9 Å². The van der Waals surface area contributed by atoms with Gasteiger partial charge in [0, 0.05) is 12.6 Å². The Morgan fingerprint density at radius 2 is 1.95 bits per heavy atom. The van der Waals surface area contributed by atoms with Crippen LogP contribution in [0.4, 0.5) is 0 Å². The lowest BCUT2D eigenvalue weighted by molar-refractivity contribution is -0.138. The maximum Gasteiger partial charge on any atom is 0.255 e. The Morgan fingerprint density at radius 1 is 1.19 bits per heavy atom. The number of imide groups is 1. The van der Waals surface area contributed by atoms with E-state index in [4.69, 9.17) is 0 Å². The smallest absolute Gasteiger partial charge is 0.255 e. The van der Waals surface area contributed by atoms with Crippen molar-refractivity contribution < 1.29 is 14.4 Å². The van der Waals surface area contributed by atoms with Crippen molar-refractivity contribution in [2.75, 3.05) is 7.05 Å². The van der Waals surface area contributed by atoms with E-state index in [-0.39, 0.29) is 17.7 Å². The van der Waals surface area contributed by atoms with Crippen molar-refractivity contribution in [3.63, 3.8) is 0 Å². The molecule has 3 amide bonds. The van der Waals surface area contributed by atoms with Gasteiger partial charge in [-0.05, 0) is 43.4 Å². The number of hydrogen-bond donors (Lipinski definition) is 1. The van der Waals surface area contributed by atoms with Crippen LogP contribution in [0.25, 0.3) is 0 Å². The Labute approximate surface area is 122 Å². The van der Waals surface area contributed by atoms with Gasteiger partial charge in [-0.1, -0.05) is 12.1 Å². The minimum absolute atomic E-state index is 0.191. The summed E-state index contributed by atoms with van der Waals surface area (Å²) >= 11 is 0. The molecule has 21 heavy (non-hydrogen) atoms. The van der Waals surface area contributed by atoms with Crippen LogP contribution in [-0.4, -0.2) is 35.2 Å². The lowest BCUT2D eigenvalue weighted by Gasteiger charge is -2.47. The van der Waals surface area contributed by atoms with Crippen LogP contribution in [0.1, 0.15) is 41.3 Å². The highest BCUT2D eigenvalue weighted by Gasteiger charge is 2.70. The van der Waals surface area contributed by atoms with E-state index in [0.717, 1.165) is 24.0 Å². The van der Waals surface area contributed by atoms with E-state index in [9.17, 15) is 14.4 Å². The first-order valence-electron chi connectivity index (χ1n) is 7.21. The summed E-state index contributed by atoms with van der Waals surface area (Å²) < 4.78 is 0. The predicted octanol–water partition coefficient (Wildman–Crippen LogP) is 0.761. The number of benzene rings is 1. The molecule has 0 bridgehead atoms. The zero-order valence-electron chi connectivity index (χ0n) is 12.0. The lowest BCUT2D eigenvalue weighted by Crippen LogP contribution is -2.67. The minimum atomic E-state index is -1.17. The van der Waals surface area contributed by atoms with Gasteiger partial charge in [-0.25, -0.2) is 0 Å². The van der Waals surface area contributed by atoms with Crippen LogP contribution in [0, 0.1) is 0 Å². The highest BCUT2D eigenvalue weighted by molar-refractivity contribution is 6.19. The van der Waals surface area contributed by atoms with Crippen LogP contribution >= 0.6 is 0 Å². The average Bonchev–Trinajstić information content (AvgIpc) is 2.62. The van der Waals surface area contributed by atoms with Crippen LogP contribution in [0.5, 0.6) is 0 Å². The van der Waals surface area contributed by atoms with Crippen molar-refractivity contribution in [1.82, 2.24) is 10.2 Å². The molecule has 2 aliphatic heterocycles. The van der Waals surface area contributed by atoms with Crippen LogP contribution in [0.15, 0.2) is 18.2 Å². The SMILES string of the molecule is CN1C(=O)C2(C)NC(=O)c3cccc4c3C2(CCC4)C1=O. The topological polar surface area (TPSA) is 66.5 Å². The Balaban J connectivity index is 2.14. The molecular formula is C16H16N2O3. The maximum atomic E-state index is 12.9. The molecule has 0 radical (unpaired) electrons. The fourth-order valence-corrected chi connectivity index (χ4v) is 4.45. The van der Waals surface area contributed by atoms with E-state index in [1.165, 1.54) is 11.9 Å². The van der Waals surface area contributed by atoms with E-state index in [0.29, 0.717) is 12.0 Å². The summed E-state index contributed by atoms with van der Waals surface area (Å²) in [5, 5.41) is 2.82. The van der Waals surface area contributed by atoms with Gasteiger partial charge in [0.15, 0.2) is 0 Å². The van der Waals surface area contributed by atoms with Crippen LogP contribution in [0.2, 0.25) is 0 Å². The van der Waals surface area contributed by atoms with Gasteiger partial charge in [0.25, 0.3) is 11.8 Å². The Morgan fingerprint density at radius 3 is 2.71 bits per heavy atom. The van der Waals surface area contributed by atoms with E-state index in [2.05, 4.69) is 5.32 Å². The third-order valence-corrected chi connectivity index (χ3v) is 5.44. The van der Waals surface area contributed by atoms with Crippen molar-refractivity contribution >= 4 is 17.7 Å². The number of carbonyl (C=O) groups excluding carboxylic acids is 3. The molecule has 1 aromatic carbocycles. The van der Waals surface area contributed by atoms with Crippen molar-refractivity contribution in [1.29, 1.82) is 0 Å². The number of nitrogens with zero attached hydrogens (tertiary/aromatic N) is 1. The molecule has 5 nitrogen and oxygen atoms in total. The van der Waals surface area contributed by atoms with Gasteiger partial charge in [0.05, 0.1) is 0 Å². The summed E-state index contributed by atoms with van der Waals surface area (Å²) in [5.41, 5.74) is 0.249. The number of aryl methyl sites for hydroxylation is 1. The first kappa shape index (κ1) is 12.6. The first-order valence-corrected chi connectivity index (χ1v) is 7.21. The summed E-state index contributed by atoms with van der Waals surface area (Å²) in [5.74, 6) is -0.769. The van der Waals surface area contributed by atoms with Gasteiger partial charge >= 0.3 is 0 Å². The van der Waals surface area contributed by atoms with Crippen molar-refractivity contribution in [2.45, 2.75) is 37.1 Å². The highest BCUT2D eigenvalue weighted by Crippen LogP contribution is 2.53. The zero-order valence-corrected chi connectivity index (χ0v) is 12.0. The number of carbonyl (C=O) groups is 3. The van der Waals surface area contributed by atoms with E-state index < -0.39 is 11.0 Å². The van der Waals surface area contributed by atoms with E-state index >= 15 is 0 Å². The number of likely N-dealkylation sites (tertiary alicyclic amines) is 1. The van der Waals surface area contributed by atoms with Gasteiger partial charge in [0.1, 0.15) is 11.0 Å². The predicted molar refractivity (Wildman–Crippen MR) is 74.7 cm³/mol. The third-order valence-electron chi connectivity index (χ3n) is 5.44. The molecule has 1 aliphatic carbocycles. The largest absolute Gasteiger partial charge is 0.337 e. The summed E-state index contributed by atoms with van der Waals surface area (Å²) in [6.45, 7) is 1.69. The van der Waals surface area contributed by atoms with Gasteiger partial charge in [0.2, 0.25) is 5.91 Å². The molecule has 1 N–H and O–H groups in total. The molecule has 4 rings (SSSR count). The number of hydrogen-bond acceptors (Lipinski definition) is 3. The molecule has 2 heterocycles. The van der Waals surface area contributed by atoms with Crippen LogP contribution in [0.3, 0.4) is 0 Å². The number of likely N-dealkylation sites (N-methyl/N-ethyl adjacent to an activating group) is 1. The molecule has 2 unspecified atom stereocenters. The van der Waals surface area contributed by atoms with E-state index in [1.54, 1.807) is 13.0 Å². The van der Waals surface area contributed by atoms with E-state index in [1.807, 2.05) is 12.1 Å². The fraction of sp³-hybridized carbons (Fsp3) is 0.438. The monoisotopic (exact) mass is 284 g/mol. The standard InChI is InChI=1S/C16H16N2O3/c1-15-13(20)18(2)14(21)16(15)8-4-6-9-5-3-7-10(11(9)16)12(19)17-15/h3,5,7H,4,6,8H2,1-2H3,(H,17,19). The van der Waals surface area contributed by atoms with Crippen LogP contribution in [-0.2, 0) is 21.4 Å². The molecule has 3 aliphatic rings. The van der Waals surface area contributed by atoms with Crippen molar-refractivity contribution in [2.24, 2.45) is 0 Å². The highest BCUT2D eigenvalue weighted by atomic mass is 16.2. The molecule has 2 atom stereocenters. The molecule has 0 aromatic heterocycles. The van der Waals surface area contributed by atoms with Crippen molar-refractivity contribution in [3.8, 4) is 0 Å². The summed E-state index contributed by atoms with van der Waals surface area (Å²) in [6, 6.07) is 5.56. The molecule has 1 spiro atoms. The second-order valence-corrected chi connectivity index (χ2v) is 6.35. The second kappa shape index (κ2) is 3.53. The number of nitrogens with one attached hydrogen (secondary N) is 1. The molecule has 5 heteroatoms. The maximum absolute atomic E-state index is 12.9. The second-order valence-electron chi connectivity index (χ2n) is 6.35. The molecule has 1 fully saturated rings. The van der Waals surface area contributed by atoms with Crippen LogP contribution < -0.4 is 5.32 Å². The molecule has 0 saturated carbocycles. The van der Waals surface area contributed by atoms with Gasteiger partial charge in [-0.2, -0.15) is 0 Å². The summed E-state index contributed by atoms with van der Waals surface area (Å²) in [7, 11) is 1.51. The molecule has 1 aromatic rings. The number of amides is 3.